The van der Waals surface area contributed by atoms with E-state index >= 15 is 0 Å². The van der Waals surface area contributed by atoms with Crippen LogP contribution in [0.5, 0.6) is 0 Å². The second-order valence-electron chi connectivity index (χ2n) is 4.53. The van der Waals surface area contributed by atoms with Crippen molar-refractivity contribution in [2.45, 2.75) is 20.4 Å². The molecule has 0 atom stereocenters. The highest BCUT2D eigenvalue weighted by atomic mass is 32.1. The quantitative estimate of drug-likeness (QED) is 0.755. The lowest BCUT2D eigenvalue weighted by atomic mass is 10.1. The number of rotatable bonds is 4. The average molecular weight is 294 g/mol. The molecule has 2 aromatic rings. The number of aromatic carboxylic acids is 1. The first-order valence-electron chi connectivity index (χ1n) is 6.00. The van der Waals surface area contributed by atoms with Crippen LogP contribution in [-0.2, 0) is 6.54 Å². The normalized spacial score (nSPS) is 10.6. The van der Waals surface area contributed by atoms with Gasteiger partial charge >= 0.3 is 5.97 Å². The molecule has 0 aliphatic heterocycles. The van der Waals surface area contributed by atoms with Crippen LogP contribution in [-0.4, -0.2) is 11.1 Å². The van der Waals surface area contributed by atoms with Crippen molar-refractivity contribution in [3.63, 3.8) is 0 Å². The highest BCUT2D eigenvalue weighted by Gasteiger charge is 2.13. The molecule has 0 aliphatic carbocycles. The molecule has 2 rings (SSSR count). The number of halogens is 1. The fourth-order valence-corrected chi connectivity index (χ4v) is 2.82. The van der Waals surface area contributed by atoms with Crippen molar-refractivity contribution in [1.29, 1.82) is 0 Å². The minimum Gasteiger partial charge on any atom is -0.478 e. The Balaban J connectivity index is 2.21. The number of carboxylic acid groups (broad SMARTS) is 1. The van der Waals surface area contributed by atoms with Crippen LogP contribution in [0.15, 0.2) is 18.2 Å². The van der Waals surface area contributed by atoms with Crippen molar-refractivity contribution < 1.29 is 14.3 Å². The standard InChI is InChI=1S/C14H15FN2O2S/c1-7-3-9(20-8(7)2)6-17-13-4-10(14(18)19)12(16)5-11(13)15/h3-5,17H,6,16H2,1-2H3,(H,18,19). The van der Waals surface area contributed by atoms with Gasteiger partial charge in [0.05, 0.1) is 11.3 Å². The molecule has 0 saturated carbocycles. The summed E-state index contributed by atoms with van der Waals surface area (Å²) in [5.41, 5.74) is 6.62. The van der Waals surface area contributed by atoms with E-state index in [1.807, 2.05) is 19.9 Å². The van der Waals surface area contributed by atoms with Gasteiger partial charge in [-0.1, -0.05) is 0 Å². The highest BCUT2D eigenvalue weighted by Crippen LogP contribution is 2.25. The lowest BCUT2D eigenvalue weighted by molar-refractivity contribution is 0.0698. The second kappa shape index (κ2) is 5.50. The molecule has 4 N–H and O–H groups in total. The van der Waals surface area contributed by atoms with E-state index in [4.69, 9.17) is 10.8 Å². The van der Waals surface area contributed by atoms with Crippen LogP contribution in [0, 0.1) is 19.7 Å². The smallest absolute Gasteiger partial charge is 0.337 e. The third-order valence-corrected chi connectivity index (χ3v) is 4.19. The number of carbonyl (C=O) groups is 1. The average Bonchev–Trinajstić information content (AvgIpc) is 2.67. The summed E-state index contributed by atoms with van der Waals surface area (Å²) >= 11 is 1.63. The summed E-state index contributed by atoms with van der Waals surface area (Å²) in [6.07, 6.45) is 0. The van der Waals surface area contributed by atoms with Gasteiger partial charge < -0.3 is 16.2 Å². The summed E-state index contributed by atoms with van der Waals surface area (Å²) in [6, 6.07) is 4.28. The molecule has 0 saturated heterocycles. The third kappa shape index (κ3) is 2.91. The zero-order chi connectivity index (χ0) is 14.9. The monoisotopic (exact) mass is 294 g/mol. The molecule has 1 heterocycles. The van der Waals surface area contributed by atoms with Gasteiger partial charge in [-0.3, -0.25) is 0 Å². The first-order valence-corrected chi connectivity index (χ1v) is 6.82. The van der Waals surface area contributed by atoms with Crippen LogP contribution in [0.3, 0.4) is 0 Å². The molecule has 4 nitrogen and oxygen atoms in total. The molecule has 106 valence electrons. The Bertz CT molecular complexity index is 648. The van der Waals surface area contributed by atoms with Crippen LogP contribution < -0.4 is 11.1 Å². The Morgan fingerprint density at radius 3 is 2.65 bits per heavy atom. The van der Waals surface area contributed by atoms with Crippen LogP contribution in [0.2, 0.25) is 0 Å². The minimum atomic E-state index is -1.17. The fraction of sp³-hybridized carbons (Fsp3) is 0.214. The summed E-state index contributed by atoms with van der Waals surface area (Å²) in [4.78, 5) is 13.3. The van der Waals surface area contributed by atoms with Gasteiger partial charge in [-0.15, -0.1) is 11.3 Å². The largest absolute Gasteiger partial charge is 0.478 e. The Morgan fingerprint density at radius 2 is 2.10 bits per heavy atom. The molecule has 20 heavy (non-hydrogen) atoms. The lowest BCUT2D eigenvalue weighted by Gasteiger charge is -2.09. The predicted molar refractivity (Wildman–Crippen MR) is 78.9 cm³/mol. The van der Waals surface area contributed by atoms with E-state index < -0.39 is 11.8 Å². The Kier molecular flexibility index (Phi) is 3.94. The van der Waals surface area contributed by atoms with Gasteiger partial charge in [0.15, 0.2) is 0 Å². The maximum atomic E-state index is 13.7. The summed E-state index contributed by atoms with van der Waals surface area (Å²) < 4.78 is 13.7. The number of aryl methyl sites for hydroxylation is 2. The molecule has 1 aromatic heterocycles. The molecule has 0 radical (unpaired) electrons. The van der Waals surface area contributed by atoms with Crippen molar-refractivity contribution in [3.05, 3.63) is 44.9 Å². The number of anilines is 2. The maximum Gasteiger partial charge on any atom is 0.337 e. The summed E-state index contributed by atoms with van der Waals surface area (Å²) in [6.45, 7) is 4.48. The molecule has 0 spiro atoms. The van der Waals surface area contributed by atoms with Crippen LogP contribution >= 0.6 is 11.3 Å². The molecule has 6 heteroatoms. The van der Waals surface area contributed by atoms with Crippen molar-refractivity contribution in [2.75, 3.05) is 11.1 Å². The van der Waals surface area contributed by atoms with E-state index in [1.165, 1.54) is 16.5 Å². The van der Waals surface area contributed by atoms with Gasteiger partial charge in [0.1, 0.15) is 5.82 Å². The number of benzene rings is 1. The first kappa shape index (κ1) is 14.3. The lowest BCUT2D eigenvalue weighted by Crippen LogP contribution is -2.07. The number of hydrogen-bond acceptors (Lipinski definition) is 4. The van der Waals surface area contributed by atoms with Crippen molar-refractivity contribution in [1.82, 2.24) is 0 Å². The van der Waals surface area contributed by atoms with Gasteiger partial charge in [0, 0.05) is 22.0 Å². The van der Waals surface area contributed by atoms with Crippen molar-refractivity contribution in [3.8, 4) is 0 Å². The van der Waals surface area contributed by atoms with Crippen molar-refractivity contribution in [2.24, 2.45) is 0 Å². The number of nitrogen functional groups attached to an aromatic ring is 1. The SMILES string of the molecule is Cc1cc(CNc2cc(C(=O)O)c(N)cc2F)sc1C. The first-order chi connectivity index (χ1) is 9.38. The number of nitrogens with two attached hydrogens (primary N) is 1. The summed E-state index contributed by atoms with van der Waals surface area (Å²) in [5, 5.41) is 11.9. The molecular weight excluding hydrogens is 279 g/mol. The summed E-state index contributed by atoms with van der Waals surface area (Å²) in [7, 11) is 0. The third-order valence-electron chi connectivity index (χ3n) is 3.04. The van der Waals surface area contributed by atoms with Crippen LogP contribution in [0.4, 0.5) is 15.8 Å². The topological polar surface area (TPSA) is 75.3 Å². The molecular formula is C14H15FN2O2S. The molecule has 0 fully saturated rings. The van der Waals surface area contributed by atoms with E-state index in [1.54, 1.807) is 11.3 Å². The number of thiophene rings is 1. The molecule has 1 aromatic carbocycles. The van der Waals surface area contributed by atoms with E-state index in [0.717, 1.165) is 10.9 Å². The van der Waals surface area contributed by atoms with E-state index in [2.05, 4.69) is 5.32 Å². The molecule has 0 bridgehead atoms. The Morgan fingerprint density at radius 1 is 1.40 bits per heavy atom. The van der Waals surface area contributed by atoms with Crippen molar-refractivity contribution >= 4 is 28.7 Å². The zero-order valence-electron chi connectivity index (χ0n) is 11.2. The van der Waals surface area contributed by atoms with Gasteiger partial charge in [0.25, 0.3) is 0 Å². The molecule has 0 aliphatic rings. The van der Waals surface area contributed by atoms with E-state index in [0.29, 0.717) is 6.54 Å². The maximum absolute atomic E-state index is 13.7. The van der Waals surface area contributed by atoms with Gasteiger partial charge in [-0.05, 0) is 37.6 Å². The van der Waals surface area contributed by atoms with E-state index in [9.17, 15) is 9.18 Å². The number of carboxylic acids is 1. The zero-order valence-corrected chi connectivity index (χ0v) is 12.0. The number of hydrogen-bond donors (Lipinski definition) is 3. The van der Waals surface area contributed by atoms with Crippen LogP contribution in [0.1, 0.15) is 25.7 Å². The molecule has 0 unspecified atom stereocenters. The van der Waals surface area contributed by atoms with Crippen LogP contribution in [0.25, 0.3) is 0 Å². The highest BCUT2D eigenvalue weighted by molar-refractivity contribution is 7.12. The Labute approximate surface area is 120 Å². The minimum absolute atomic E-state index is 0.0802. The predicted octanol–water partition coefficient (Wildman–Crippen LogP) is 3.40. The second-order valence-corrected chi connectivity index (χ2v) is 5.87. The van der Waals surface area contributed by atoms with Gasteiger partial charge in [0.2, 0.25) is 0 Å². The summed E-state index contributed by atoms with van der Waals surface area (Å²) in [5.74, 6) is -1.73. The number of nitrogens with one attached hydrogen (secondary N) is 1. The van der Waals surface area contributed by atoms with E-state index in [-0.39, 0.29) is 16.9 Å². The van der Waals surface area contributed by atoms with Gasteiger partial charge in [-0.2, -0.15) is 0 Å². The fourth-order valence-electron chi connectivity index (χ4n) is 1.83. The molecule has 0 amide bonds. The Hall–Kier alpha value is -2.08. The van der Waals surface area contributed by atoms with Gasteiger partial charge in [-0.25, -0.2) is 9.18 Å².